The van der Waals surface area contributed by atoms with E-state index in [0.717, 1.165) is 4.47 Å². The molecule has 2 aliphatic rings. The van der Waals surface area contributed by atoms with Crippen molar-refractivity contribution >= 4 is 27.9 Å². The first-order chi connectivity index (χ1) is 10.5. The Morgan fingerprint density at radius 3 is 1.73 bits per heavy atom. The van der Waals surface area contributed by atoms with Crippen molar-refractivity contribution in [2.45, 2.75) is 13.8 Å². The maximum absolute atomic E-state index is 12.1. The van der Waals surface area contributed by atoms with Crippen molar-refractivity contribution < 1.29 is 24.2 Å². The van der Waals surface area contributed by atoms with Gasteiger partial charge < -0.3 is 14.6 Å². The smallest absolute Gasteiger partial charge is 0.342 e. The molecule has 0 amide bonds. The van der Waals surface area contributed by atoms with Gasteiger partial charge in [0.2, 0.25) is 0 Å². The molecule has 0 bridgehead atoms. The summed E-state index contributed by atoms with van der Waals surface area (Å²) in [6.45, 7) is 3.68. The zero-order valence-corrected chi connectivity index (χ0v) is 13.8. The van der Waals surface area contributed by atoms with Crippen LogP contribution in [0.3, 0.4) is 0 Å². The summed E-state index contributed by atoms with van der Waals surface area (Å²) in [7, 11) is 0. The standard InChI is InChI=1S/C16H15BrO5/c1-3-21-15(19)12-10-7-5-9(17)6-8-11(10)13(14(12)18)16(20)22-4-2/h5-8,18H,3-4H2,1-2H3. The lowest BCUT2D eigenvalue weighted by Gasteiger charge is -2.02. The summed E-state index contributed by atoms with van der Waals surface area (Å²) in [6.07, 6.45) is 0. The van der Waals surface area contributed by atoms with Crippen LogP contribution in [-0.2, 0) is 9.47 Å². The number of carbonyl (C=O) groups excluding carboxylic acids is 2. The van der Waals surface area contributed by atoms with Crippen molar-refractivity contribution in [1.82, 2.24) is 0 Å². The van der Waals surface area contributed by atoms with E-state index < -0.39 is 17.7 Å². The number of hydrogen-bond acceptors (Lipinski definition) is 5. The van der Waals surface area contributed by atoms with Gasteiger partial charge in [0.1, 0.15) is 16.9 Å². The Balaban J connectivity index is 2.72. The zero-order valence-electron chi connectivity index (χ0n) is 12.2. The average Bonchev–Trinajstić information content (AvgIpc) is 2.62. The fourth-order valence-electron chi connectivity index (χ4n) is 2.20. The van der Waals surface area contributed by atoms with E-state index in [9.17, 15) is 14.7 Å². The third-order valence-corrected chi connectivity index (χ3v) is 3.61. The lowest BCUT2D eigenvalue weighted by molar-refractivity contribution is 0.0524. The van der Waals surface area contributed by atoms with Gasteiger partial charge in [-0.25, -0.2) is 9.59 Å². The molecule has 116 valence electrons. The van der Waals surface area contributed by atoms with Crippen molar-refractivity contribution in [2.24, 2.45) is 0 Å². The predicted octanol–water partition coefficient (Wildman–Crippen LogP) is 3.61. The molecule has 22 heavy (non-hydrogen) atoms. The van der Waals surface area contributed by atoms with Gasteiger partial charge in [-0.1, -0.05) is 28.1 Å². The second kappa shape index (κ2) is 6.79. The Kier molecular flexibility index (Phi) is 5.03. The van der Waals surface area contributed by atoms with Gasteiger partial charge in [0, 0.05) is 15.6 Å². The number of ether oxygens (including phenoxy) is 2. The Bertz CT molecular complexity index is 640. The molecular weight excluding hydrogens is 352 g/mol. The van der Waals surface area contributed by atoms with E-state index >= 15 is 0 Å². The van der Waals surface area contributed by atoms with Crippen LogP contribution in [0.4, 0.5) is 0 Å². The van der Waals surface area contributed by atoms with Crippen molar-refractivity contribution in [2.75, 3.05) is 13.2 Å². The van der Waals surface area contributed by atoms with Gasteiger partial charge in [0.05, 0.1) is 13.2 Å². The summed E-state index contributed by atoms with van der Waals surface area (Å²) in [5, 5.41) is 10.3. The molecule has 0 aromatic carbocycles. The second-order valence-electron chi connectivity index (χ2n) is 4.42. The van der Waals surface area contributed by atoms with E-state index in [0.29, 0.717) is 11.1 Å². The molecule has 0 atom stereocenters. The molecule has 0 heterocycles. The fourth-order valence-corrected chi connectivity index (χ4v) is 2.46. The quantitative estimate of drug-likeness (QED) is 0.836. The van der Waals surface area contributed by atoms with Crippen molar-refractivity contribution in [1.29, 1.82) is 0 Å². The number of rotatable bonds is 4. The van der Waals surface area contributed by atoms with Gasteiger partial charge in [0.15, 0.2) is 0 Å². The van der Waals surface area contributed by atoms with Crippen molar-refractivity contribution in [3.63, 3.8) is 0 Å². The lowest BCUT2D eigenvalue weighted by Crippen LogP contribution is -2.06. The first-order valence-corrected chi connectivity index (χ1v) is 7.59. The molecule has 0 saturated carbocycles. The average molecular weight is 367 g/mol. The number of carbonyl (C=O) groups is 2. The van der Waals surface area contributed by atoms with Crippen LogP contribution >= 0.6 is 15.9 Å². The van der Waals surface area contributed by atoms with E-state index in [-0.39, 0.29) is 24.3 Å². The fraction of sp³-hybridized carbons (Fsp3) is 0.250. The maximum Gasteiger partial charge on any atom is 0.342 e. The number of fused-ring (bicyclic) bond motifs is 1. The maximum atomic E-state index is 12.1. The molecule has 0 unspecified atom stereocenters. The molecule has 0 radical (unpaired) electrons. The molecule has 0 aliphatic heterocycles. The van der Waals surface area contributed by atoms with Crippen LogP contribution in [0.15, 0.2) is 28.7 Å². The highest BCUT2D eigenvalue weighted by atomic mass is 79.9. The van der Waals surface area contributed by atoms with Crippen LogP contribution in [0, 0.1) is 0 Å². The van der Waals surface area contributed by atoms with Gasteiger partial charge in [-0.3, -0.25) is 0 Å². The first kappa shape index (κ1) is 16.3. The van der Waals surface area contributed by atoms with E-state index in [1.807, 2.05) is 0 Å². The normalized spacial score (nSPS) is 10.5. The molecule has 0 aromatic rings. The summed E-state index contributed by atoms with van der Waals surface area (Å²) in [5.41, 5.74) is 0.820. The monoisotopic (exact) mass is 366 g/mol. The Hall–Kier alpha value is -2.08. The van der Waals surface area contributed by atoms with Gasteiger partial charge >= 0.3 is 11.9 Å². The highest BCUT2D eigenvalue weighted by Crippen LogP contribution is 2.42. The largest absolute Gasteiger partial charge is 0.506 e. The van der Waals surface area contributed by atoms with Gasteiger partial charge in [-0.2, -0.15) is 0 Å². The second-order valence-corrected chi connectivity index (χ2v) is 5.33. The van der Waals surface area contributed by atoms with Crippen LogP contribution in [0.5, 0.6) is 5.75 Å². The third-order valence-electron chi connectivity index (χ3n) is 3.08. The highest BCUT2D eigenvalue weighted by Gasteiger charge is 2.32. The van der Waals surface area contributed by atoms with Crippen LogP contribution in [0.1, 0.15) is 34.6 Å². The molecule has 2 aliphatic carbocycles. The molecule has 0 aromatic heterocycles. The number of aromatic hydroxyl groups is 1. The Labute approximate surface area is 136 Å². The van der Waals surface area contributed by atoms with Gasteiger partial charge in [0.25, 0.3) is 0 Å². The van der Waals surface area contributed by atoms with Crippen LogP contribution in [0.2, 0.25) is 0 Å². The molecule has 1 N–H and O–H groups in total. The molecule has 5 nitrogen and oxygen atoms in total. The van der Waals surface area contributed by atoms with Gasteiger partial charge in [-0.05, 0) is 26.0 Å². The van der Waals surface area contributed by atoms with Crippen molar-refractivity contribution in [3.05, 3.63) is 39.9 Å². The van der Waals surface area contributed by atoms with E-state index in [1.54, 1.807) is 38.1 Å². The minimum absolute atomic E-state index is 0.0250. The SMILES string of the molecule is CCOC(=O)c1c2ccc(Br)ccc-2c(C(=O)OCC)c1O. The first-order valence-electron chi connectivity index (χ1n) is 6.79. The minimum Gasteiger partial charge on any atom is -0.506 e. The lowest BCUT2D eigenvalue weighted by atomic mass is 10.1. The topological polar surface area (TPSA) is 72.8 Å². The number of halogens is 1. The highest BCUT2D eigenvalue weighted by molar-refractivity contribution is 9.10. The summed E-state index contributed by atoms with van der Waals surface area (Å²) >= 11 is 3.33. The number of hydrogen-bond donors (Lipinski definition) is 1. The van der Waals surface area contributed by atoms with Crippen LogP contribution < -0.4 is 0 Å². The van der Waals surface area contributed by atoms with E-state index in [1.165, 1.54) is 0 Å². The Morgan fingerprint density at radius 1 is 0.955 bits per heavy atom. The summed E-state index contributed by atoms with van der Waals surface area (Å²) in [5.74, 6) is -1.76. The molecule has 0 fully saturated rings. The minimum atomic E-state index is -0.678. The third kappa shape index (κ3) is 2.92. The number of esters is 2. The van der Waals surface area contributed by atoms with Gasteiger partial charge in [-0.15, -0.1) is 0 Å². The molecule has 0 spiro atoms. The van der Waals surface area contributed by atoms with E-state index in [4.69, 9.17) is 9.47 Å². The van der Waals surface area contributed by atoms with Crippen molar-refractivity contribution in [3.8, 4) is 16.9 Å². The van der Waals surface area contributed by atoms with Crippen LogP contribution in [-0.4, -0.2) is 30.3 Å². The van der Waals surface area contributed by atoms with E-state index in [2.05, 4.69) is 15.9 Å². The predicted molar refractivity (Wildman–Crippen MR) is 84.3 cm³/mol. The zero-order chi connectivity index (χ0) is 16.3. The molecular formula is C16H15BrO5. The summed E-state index contributed by atoms with van der Waals surface area (Å²) in [6, 6.07) is 6.74. The summed E-state index contributed by atoms with van der Waals surface area (Å²) in [4.78, 5) is 24.2. The molecule has 6 heteroatoms. The Morgan fingerprint density at radius 2 is 1.36 bits per heavy atom. The summed E-state index contributed by atoms with van der Waals surface area (Å²) < 4.78 is 10.7. The van der Waals surface area contributed by atoms with Crippen LogP contribution in [0.25, 0.3) is 11.1 Å². The molecule has 2 rings (SSSR count). The molecule has 0 saturated heterocycles.